The van der Waals surface area contributed by atoms with Crippen LogP contribution >= 0.6 is 0 Å². The van der Waals surface area contributed by atoms with E-state index in [0.29, 0.717) is 0 Å². The maximum Gasteiger partial charge on any atom is 0.336 e. The van der Waals surface area contributed by atoms with Gasteiger partial charge in [0.25, 0.3) is 5.69 Å². The number of ether oxygens (including phenoxy) is 1. The number of anilines is 1. The van der Waals surface area contributed by atoms with Crippen LogP contribution in [-0.4, -0.2) is 41.8 Å². The zero-order valence-corrected chi connectivity index (χ0v) is 10.5. The number of carbonyl (C=O) groups is 2. The van der Waals surface area contributed by atoms with Crippen molar-refractivity contribution in [2.75, 3.05) is 19.0 Å². The van der Waals surface area contributed by atoms with Crippen molar-refractivity contribution in [2.45, 2.75) is 6.10 Å². The number of aliphatic hydroxyl groups is 1. The molecule has 0 aliphatic heterocycles. The van der Waals surface area contributed by atoms with Gasteiger partial charge in [-0.2, -0.15) is 0 Å². The van der Waals surface area contributed by atoms with E-state index in [-0.39, 0.29) is 17.9 Å². The number of benzene rings is 1. The number of rotatable bonds is 5. The van der Waals surface area contributed by atoms with Crippen molar-refractivity contribution in [1.82, 2.24) is 5.32 Å². The summed E-state index contributed by atoms with van der Waals surface area (Å²) >= 11 is 0. The predicted octanol–water partition coefficient (Wildman–Crippen LogP) is 0.250. The third kappa shape index (κ3) is 4.53. The molecule has 20 heavy (non-hydrogen) atoms. The molecule has 9 nitrogen and oxygen atoms in total. The molecule has 3 N–H and O–H groups in total. The predicted molar refractivity (Wildman–Crippen MR) is 68.1 cm³/mol. The van der Waals surface area contributed by atoms with Gasteiger partial charge in [-0.15, -0.1) is 0 Å². The van der Waals surface area contributed by atoms with Gasteiger partial charge in [0.05, 0.1) is 18.6 Å². The van der Waals surface area contributed by atoms with Crippen molar-refractivity contribution in [3.05, 3.63) is 34.4 Å². The molecule has 1 rings (SSSR count). The van der Waals surface area contributed by atoms with Crippen molar-refractivity contribution >= 4 is 23.4 Å². The number of nitrogens with one attached hydrogen (secondary N) is 2. The lowest BCUT2D eigenvalue weighted by Crippen LogP contribution is -2.39. The molecule has 0 saturated carbocycles. The molecule has 0 radical (unpaired) electrons. The summed E-state index contributed by atoms with van der Waals surface area (Å²) in [5.41, 5.74) is 0.0432. The molecule has 0 aliphatic rings. The molecule has 0 saturated heterocycles. The number of nitrogens with zero attached hydrogens (tertiary/aromatic N) is 1. The summed E-state index contributed by atoms with van der Waals surface area (Å²) < 4.78 is 4.27. The highest BCUT2D eigenvalue weighted by Crippen LogP contribution is 2.16. The number of aliphatic hydroxyl groups excluding tert-OH is 1. The number of carbonyl (C=O) groups excluding carboxylic acids is 2. The number of nitro benzene ring substituents is 1. The molecular weight excluding hydrogens is 270 g/mol. The second kappa shape index (κ2) is 7.04. The maximum atomic E-state index is 11.5. The van der Waals surface area contributed by atoms with Crippen LogP contribution in [0.1, 0.15) is 0 Å². The van der Waals surface area contributed by atoms with E-state index in [1.807, 2.05) is 0 Å². The van der Waals surface area contributed by atoms with Crippen LogP contribution in [0.5, 0.6) is 0 Å². The molecule has 1 aromatic rings. The average Bonchev–Trinajstić information content (AvgIpc) is 2.44. The van der Waals surface area contributed by atoms with Crippen molar-refractivity contribution in [3.63, 3.8) is 0 Å². The molecule has 1 atom stereocenters. The summed E-state index contributed by atoms with van der Waals surface area (Å²) in [7, 11) is 1.11. The molecule has 1 unspecified atom stereocenters. The fourth-order valence-electron chi connectivity index (χ4n) is 1.28. The van der Waals surface area contributed by atoms with Gasteiger partial charge in [-0.05, 0) is 6.07 Å². The SMILES string of the molecule is COC(=O)C(O)CNC(=O)Nc1cccc([N+](=O)[O-])c1. The van der Waals surface area contributed by atoms with Crippen LogP contribution in [-0.2, 0) is 9.53 Å². The van der Waals surface area contributed by atoms with Crippen LogP contribution in [0.25, 0.3) is 0 Å². The van der Waals surface area contributed by atoms with Crippen LogP contribution in [0.3, 0.4) is 0 Å². The van der Waals surface area contributed by atoms with Crippen LogP contribution in [0.15, 0.2) is 24.3 Å². The van der Waals surface area contributed by atoms with Gasteiger partial charge >= 0.3 is 12.0 Å². The third-order valence-electron chi connectivity index (χ3n) is 2.24. The number of nitro groups is 1. The topological polar surface area (TPSA) is 131 Å². The quantitative estimate of drug-likeness (QED) is 0.403. The minimum Gasteiger partial charge on any atom is -0.467 e. The van der Waals surface area contributed by atoms with Crippen molar-refractivity contribution < 1.29 is 24.4 Å². The molecule has 1 aromatic carbocycles. The van der Waals surface area contributed by atoms with E-state index in [0.717, 1.165) is 7.11 Å². The van der Waals surface area contributed by atoms with E-state index >= 15 is 0 Å². The first kappa shape index (κ1) is 15.4. The Morgan fingerprint density at radius 3 is 2.80 bits per heavy atom. The first-order chi connectivity index (χ1) is 9.43. The number of urea groups is 1. The Balaban J connectivity index is 2.52. The third-order valence-corrected chi connectivity index (χ3v) is 2.24. The highest BCUT2D eigenvalue weighted by atomic mass is 16.6. The highest BCUT2D eigenvalue weighted by molar-refractivity contribution is 5.90. The van der Waals surface area contributed by atoms with Gasteiger partial charge in [0.1, 0.15) is 0 Å². The number of methoxy groups -OCH3 is 1. The Bertz CT molecular complexity index is 519. The Hall–Kier alpha value is -2.68. The summed E-state index contributed by atoms with van der Waals surface area (Å²) in [6, 6.07) is 4.62. The van der Waals surface area contributed by atoms with Gasteiger partial charge in [-0.3, -0.25) is 10.1 Å². The van der Waals surface area contributed by atoms with E-state index < -0.39 is 23.0 Å². The van der Waals surface area contributed by atoms with Crippen LogP contribution in [0, 0.1) is 10.1 Å². The first-order valence-electron chi connectivity index (χ1n) is 5.49. The zero-order valence-electron chi connectivity index (χ0n) is 10.5. The van der Waals surface area contributed by atoms with Gasteiger partial charge in [-0.25, -0.2) is 9.59 Å². The molecule has 9 heteroatoms. The Labute approximate surface area is 113 Å². The Kier molecular flexibility index (Phi) is 5.42. The number of hydrogen-bond acceptors (Lipinski definition) is 6. The fourth-order valence-corrected chi connectivity index (χ4v) is 1.28. The molecule has 0 heterocycles. The molecule has 0 aromatic heterocycles. The summed E-state index contributed by atoms with van der Waals surface area (Å²) in [6.45, 7) is -0.340. The standard InChI is InChI=1S/C11H13N3O6/c1-20-10(16)9(15)6-12-11(17)13-7-3-2-4-8(5-7)14(18)19/h2-5,9,15H,6H2,1H3,(H2,12,13,17). The van der Waals surface area contributed by atoms with E-state index in [9.17, 15) is 24.8 Å². The Morgan fingerprint density at radius 2 is 2.20 bits per heavy atom. The molecule has 0 aliphatic carbocycles. The lowest BCUT2D eigenvalue weighted by Gasteiger charge is -2.10. The smallest absolute Gasteiger partial charge is 0.336 e. The monoisotopic (exact) mass is 283 g/mol. The normalized spacial score (nSPS) is 11.3. The minimum atomic E-state index is -1.48. The van der Waals surface area contributed by atoms with Crippen LogP contribution < -0.4 is 10.6 Å². The zero-order chi connectivity index (χ0) is 15.1. The molecule has 2 amide bonds. The molecule has 108 valence electrons. The average molecular weight is 283 g/mol. The number of non-ortho nitro benzene ring substituents is 1. The van der Waals surface area contributed by atoms with E-state index in [4.69, 9.17) is 0 Å². The van der Waals surface area contributed by atoms with Gasteiger partial charge in [0, 0.05) is 17.8 Å². The second-order valence-electron chi connectivity index (χ2n) is 3.68. The van der Waals surface area contributed by atoms with Crippen LogP contribution in [0.4, 0.5) is 16.2 Å². The largest absolute Gasteiger partial charge is 0.467 e. The van der Waals surface area contributed by atoms with Crippen molar-refractivity contribution in [1.29, 1.82) is 0 Å². The second-order valence-corrected chi connectivity index (χ2v) is 3.68. The number of hydrogen-bond donors (Lipinski definition) is 3. The van der Waals surface area contributed by atoms with E-state index in [1.54, 1.807) is 0 Å². The van der Waals surface area contributed by atoms with Crippen molar-refractivity contribution in [3.8, 4) is 0 Å². The van der Waals surface area contributed by atoms with E-state index in [1.165, 1.54) is 24.3 Å². The fraction of sp³-hybridized carbons (Fsp3) is 0.273. The lowest BCUT2D eigenvalue weighted by molar-refractivity contribution is -0.384. The maximum absolute atomic E-state index is 11.5. The molecule has 0 spiro atoms. The van der Waals surface area contributed by atoms with Crippen LogP contribution in [0.2, 0.25) is 0 Å². The molecular formula is C11H13N3O6. The summed E-state index contributed by atoms with van der Waals surface area (Å²) in [6.07, 6.45) is -1.48. The highest BCUT2D eigenvalue weighted by Gasteiger charge is 2.16. The minimum absolute atomic E-state index is 0.169. The van der Waals surface area contributed by atoms with Gasteiger partial charge < -0.3 is 20.5 Å². The number of amides is 2. The van der Waals surface area contributed by atoms with Gasteiger partial charge in [-0.1, -0.05) is 6.07 Å². The van der Waals surface area contributed by atoms with Crippen molar-refractivity contribution in [2.24, 2.45) is 0 Å². The summed E-state index contributed by atoms with van der Waals surface area (Å²) in [5.74, 6) is -0.874. The van der Waals surface area contributed by atoms with Gasteiger partial charge in [0.2, 0.25) is 0 Å². The first-order valence-corrected chi connectivity index (χ1v) is 5.49. The lowest BCUT2D eigenvalue weighted by atomic mass is 10.3. The summed E-state index contributed by atoms with van der Waals surface area (Å²) in [5, 5.41) is 24.4. The molecule has 0 fully saturated rings. The Morgan fingerprint density at radius 1 is 1.50 bits per heavy atom. The molecule has 0 bridgehead atoms. The van der Waals surface area contributed by atoms with E-state index in [2.05, 4.69) is 15.4 Å². The summed E-state index contributed by atoms with van der Waals surface area (Å²) in [4.78, 5) is 32.3. The van der Waals surface area contributed by atoms with Gasteiger partial charge in [0.15, 0.2) is 6.10 Å². The number of esters is 1.